The molecule has 4 heterocycles. The molecular weight excluding hydrogens is 468 g/mol. The van der Waals surface area contributed by atoms with Crippen molar-refractivity contribution in [3.63, 3.8) is 0 Å². The van der Waals surface area contributed by atoms with Gasteiger partial charge in [0.2, 0.25) is 5.91 Å². The van der Waals surface area contributed by atoms with Gasteiger partial charge in [0.15, 0.2) is 17.5 Å². The number of alkyl halides is 3. The van der Waals surface area contributed by atoms with Gasteiger partial charge < -0.3 is 20.3 Å². The molecule has 8 nitrogen and oxygen atoms in total. The number of hydrogen-bond donors (Lipinski definition) is 3. The number of anilines is 1. The minimum Gasteiger partial charge on any atom is -0.388 e. The van der Waals surface area contributed by atoms with Crippen LogP contribution in [0.1, 0.15) is 19.8 Å². The standard InChI is InChI=1S/C20H19ClF4N6O2/c1-2-19(33)4-14(18(32)29-8-20(23,24)25)31(9-19)17-13(22)7-28-16(30-17)12-6-27-15-11(12)3-10(21)5-26-15/h3,5-7,14,33H,2,4,8-9H2,1H3,(H,26,27)(H,29,32)/t14-,19-/m1/s1. The van der Waals surface area contributed by atoms with E-state index in [1.165, 1.54) is 11.1 Å². The van der Waals surface area contributed by atoms with Gasteiger partial charge in [-0.1, -0.05) is 18.5 Å². The lowest BCUT2D eigenvalue weighted by Crippen LogP contribution is -2.46. The number of rotatable bonds is 5. The summed E-state index contributed by atoms with van der Waals surface area (Å²) in [6.07, 6.45) is -0.677. The van der Waals surface area contributed by atoms with Crippen molar-refractivity contribution in [3.05, 3.63) is 35.5 Å². The number of pyridine rings is 1. The number of nitrogens with zero attached hydrogens (tertiary/aromatic N) is 4. The van der Waals surface area contributed by atoms with E-state index in [1.807, 2.05) is 5.32 Å². The summed E-state index contributed by atoms with van der Waals surface area (Å²) in [5, 5.41) is 13.5. The smallest absolute Gasteiger partial charge is 0.388 e. The highest BCUT2D eigenvalue weighted by atomic mass is 35.5. The summed E-state index contributed by atoms with van der Waals surface area (Å²) in [4.78, 5) is 29.1. The van der Waals surface area contributed by atoms with Crippen molar-refractivity contribution in [1.82, 2.24) is 25.3 Å². The number of carbonyl (C=O) groups excluding carboxylic acids is 1. The van der Waals surface area contributed by atoms with Gasteiger partial charge >= 0.3 is 6.18 Å². The van der Waals surface area contributed by atoms with Gasteiger partial charge in [-0.3, -0.25) is 4.79 Å². The number of aromatic amines is 1. The minimum absolute atomic E-state index is 0.0862. The molecule has 1 saturated heterocycles. The van der Waals surface area contributed by atoms with Gasteiger partial charge in [-0.05, 0) is 12.5 Å². The fourth-order valence-corrected chi connectivity index (χ4v) is 3.99. The van der Waals surface area contributed by atoms with Crippen LogP contribution in [-0.2, 0) is 4.79 Å². The van der Waals surface area contributed by atoms with Gasteiger partial charge in [-0.2, -0.15) is 13.2 Å². The number of carbonyl (C=O) groups is 1. The number of β-amino-alcohol motifs (C(OH)–C–C–N with tert-alkyl or cyclic N) is 1. The van der Waals surface area contributed by atoms with E-state index in [0.29, 0.717) is 21.6 Å². The molecule has 1 fully saturated rings. The molecule has 1 aliphatic heterocycles. The number of halogens is 5. The van der Waals surface area contributed by atoms with E-state index in [1.54, 1.807) is 19.2 Å². The van der Waals surface area contributed by atoms with Gasteiger partial charge in [0, 0.05) is 36.3 Å². The molecule has 3 aromatic heterocycles. The molecule has 0 bridgehead atoms. The summed E-state index contributed by atoms with van der Waals surface area (Å²) in [7, 11) is 0. The van der Waals surface area contributed by atoms with E-state index in [9.17, 15) is 27.5 Å². The molecule has 0 spiro atoms. The van der Waals surface area contributed by atoms with Gasteiger partial charge in [-0.25, -0.2) is 19.3 Å². The van der Waals surface area contributed by atoms with E-state index in [4.69, 9.17) is 11.6 Å². The molecular formula is C20H19ClF4N6O2. The highest BCUT2D eigenvalue weighted by molar-refractivity contribution is 6.31. The number of nitrogens with one attached hydrogen (secondary N) is 2. The second kappa shape index (κ2) is 8.41. The van der Waals surface area contributed by atoms with Crippen LogP contribution in [0.5, 0.6) is 0 Å². The molecule has 3 N–H and O–H groups in total. The van der Waals surface area contributed by atoms with Crippen LogP contribution in [0.3, 0.4) is 0 Å². The molecule has 0 unspecified atom stereocenters. The predicted octanol–water partition coefficient (Wildman–Crippen LogP) is 3.21. The Morgan fingerprint density at radius 2 is 2.15 bits per heavy atom. The molecule has 0 aliphatic carbocycles. The van der Waals surface area contributed by atoms with E-state index < -0.39 is 36.1 Å². The fraction of sp³-hybridized carbons (Fsp3) is 0.400. The zero-order valence-corrected chi connectivity index (χ0v) is 18.0. The Bertz CT molecular complexity index is 1200. The Balaban J connectivity index is 1.72. The lowest BCUT2D eigenvalue weighted by atomic mass is 9.97. The lowest BCUT2D eigenvalue weighted by molar-refractivity contribution is -0.139. The first kappa shape index (κ1) is 23.2. The zero-order chi connectivity index (χ0) is 24.0. The van der Waals surface area contributed by atoms with E-state index in [2.05, 4.69) is 19.9 Å². The summed E-state index contributed by atoms with van der Waals surface area (Å²) >= 11 is 6.02. The van der Waals surface area contributed by atoms with Crippen molar-refractivity contribution in [3.8, 4) is 11.4 Å². The average Bonchev–Trinajstić information content (AvgIpc) is 3.33. The summed E-state index contributed by atoms with van der Waals surface area (Å²) in [6.45, 7) is -0.0673. The lowest BCUT2D eigenvalue weighted by Gasteiger charge is -2.25. The third-order valence-corrected chi connectivity index (χ3v) is 5.78. The SMILES string of the molecule is CC[C@@]1(O)C[C@H](C(=O)NCC(F)(F)F)N(c2nc(-c3c[nH]c4ncc(Cl)cc34)ncc2F)C1. The number of aromatic nitrogens is 4. The Morgan fingerprint density at radius 1 is 1.39 bits per heavy atom. The fourth-order valence-electron chi connectivity index (χ4n) is 3.83. The maximum atomic E-state index is 14.8. The Labute approximate surface area is 190 Å². The van der Waals surface area contributed by atoms with Crippen LogP contribution in [0, 0.1) is 5.82 Å². The molecule has 1 amide bonds. The van der Waals surface area contributed by atoms with Crippen molar-refractivity contribution in [2.24, 2.45) is 0 Å². The van der Waals surface area contributed by atoms with Crippen molar-refractivity contribution in [1.29, 1.82) is 0 Å². The maximum absolute atomic E-state index is 14.8. The molecule has 1 aliphatic rings. The number of fused-ring (bicyclic) bond motifs is 1. The predicted molar refractivity (Wildman–Crippen MR) is 112 cm³/mol. The molecule has 0 saturated carbocycles. The number of amides is 1. The quantitative estimate of drug-likeness (QED) is 0.478. The summed E-state index contributed by atoms with van der Waals surface area (Å²) in [5.74, 6) is -2.09. The Morgan fingerprint density at radius 3 is 2.85 bits per heavy atom. The van der Waals surface area contributed by atoms with E-state index in [-0.39, 0.29) is 31.0 Å². The summed E-state index contributed by atoms with van der Waals surface area (Å²) in [6, 6.07) is 0.370. The largest absolute Gasteiger partial charge is 0.405 e. The summed E-state index contributed by atoms with van der Waals surface area (Å²) in [5.41, 5.74) is -0.449. The second-order valence-corrected chi connectivity index (χ2v) is 8.31. The molecule has 13 heteroatoms. The highest BCUT2D eigenvalue weighted by Gasteiger charge is 2.46. The van der Waals surface area contributed by atoms with Crippen molar-refractivity contribution in [2.75, 3.05) is 18.0 Å². The molecule has 2 atom stereocenters. The van der Waals surface area contributed by atoms with Gasteiger partial charge in [0.1, 0.15) is 18.2 Å². The van der Waals surface area contributed by atoms with Gasteiger partial charge in [-0.15, -0.1) is 0 Å². The number of aliphatic hydroxyl groups is 1. The monoisotopic (exact) mass is 486 g/mol. The average molecular weight is 487 g/mol. The molecule has 0 radical (unpaired) electrons. The molecule has 0 aromatic carbocycles. The van der Waals surface area contributed by atoms with Gasteiger partial charge in [0.05, 0.1) is 16.8 Å². The molecule has 176 valence electrons. The van der Waals surface area contributed by atoms with Crippen LogP contribution in [0.4, 0.5) is 23.4 Å². The first-order chi connectivity index (χ1) is 15.5. The Hall–Kier alpha value is -2.99. The van der Waals surface area contributed by atoms with E-state index in [0.717, 1.165) is 6.20 Å². The summed E-state index contributed by atoms with van der Waals surface area (Å²) < 4.78 is 52.6. The van der Waals surface area contributed by atoms with Crippen LogP contribution < -0.4 is 10.2 Å². The first-order valence-electron chi connectivity index (χ1n) is 9.99. The third-order valence-electron chi connectivity index (χ3n) is 5.57. The van der Waals surface area contributed by atoms with E-state index >= 15 is 0 Å². The normalized spacial score (nSPS) is 21.1. The van der Waals surface area contributed by atoms with Crippen molar-refractivity contribution in [2.45, 2.75) is 37.6 Å². The molecule has 3 aromatic rings. The van der Waals surface area contributed by atoms with Gasteiger partial charge in [0.25, 0.3) is 0 Å². The van der Waals surface area contributed by atoms with Crippen LogP contribution in [0.2, 0.25) is 5.02 Å². The third kappa shape index (κ3) is 4.71. The molecule has 4 rings (SSSR count). The van der Waals surface area contributed by atoms with Crippen LogP contribution >= 0.6 is 11.6 Å². The highest BCUT2D eigenvalue weighted by Crippen LogP contribution is 2.36. The number of H-pyrrole nitrogens is 1. The maximum Gasteiger partial charge on any atom is 0.405 e. The van der Waals surface area contributed by atoms with Crippen LogP contribution in [0.25, 0.3) is 22.4 Å². The zero-order valence-electron chi connectivity index (χ0n) is 17.2. The topological polar surface area (TPSA) is 107 Å². The molecule has 33 heavy (non-hydrogen) atoms. The minimum atomic E-state index is -4.61. The number of hydrogen-bond acceptors (Lipinski definition) is 6. The first-order valence-corrected chi connectivity index (χ1v) is 10.4. The van der Waals surface area contributed by atoms with Crippen molar-refractivity contribution < 1.29 is 27.5 Å². The second-order valence-electron chi connectivity index (χ2n) is 7.88. The van der Waals surface area contributed by atoms with Crippen LogP contribution in [0.15, 0.2) is 24.7 Å². The van der Waals surface area contributed by atoms with Crippen molar-refractivity contribution >= 4 is 34.4 Å². The van der Waals surface area contributed by atoms with Crippen LogP contribution in [-0.4, -0.2) is 61.9 Å². The Kier molecular flexibility index (Phi) is 5.91.